The van der Waals surface area contributed by atoms with E-state index in [1.165, 1.54) is 0 Å². The Morgan fingerprint density at radius 2 is 1.93 bits per heavy atom. The minimum Gasteiger partial charge on any atom is -0.489 e. The topological polar surface area (TPSA) is 67.8 Å². The molecule has 0 saturated carbocycles. The summed E-state index contributed by atoms with van der Waals surface area (Å²) in [5.74, 6) is 2.37. The number of amides is 1. The molecule has 0 N–H and O–H groups in total. The van der Waals surface area contributed by atoms with Gasteiger partial charge in [-0.1, -0.05) is 0 Å². The van der Waals surface area contributed by atoms with Crippen LogP contribution in [0.25, 0.3) is 0 Å². The van der Waals surface area contributed by atoms with Crippen LogP contribution in [0.4, 0.5) is 5.82 Å². The number of aryl methyl sites for hydroxylation is 1. The zero-order chi connectivity index (χ0) is 20.8. The van der Waals surface area contributed by atoms with Crippen LogP contribution in [0.15, 0.2) is 24.4 Å². The Hall–Kier alpha value is -2.83. The molecular formula is C22H28N4O3. The second-order valence-electron chi connectivity index (χ2n) is 8.29. The summed E-state index contributed by atoms with van der Waals surface area (Å²) in [6.07, 6.45) is 3.67. The highest BCUT2D eigenvalue weighted by molar-refractivity contribution is 5.99. The molecule has 2 aromatic heterocycles. The minimum atomic E-state index is -0.391. The first kappa shape index (κ1) is 19.5. The molecule has 154 valence electrons. The molecule has 2 aromatic rings. The summed E-state index contributed by atoms with van der Waals surface area (Å²) in [5.41, 5.74) is 2.25. The van der Waals surface area contributed by atoms with Gasteiger partial charge in [0, 0.05) is 39.0 Å². The van der Waals surface area contributed by atoms with Gasteiger partial charge >= 0.3 is 0 Å². The Morgan fingerprint density at radius 3 is 2.55 bits per heavy atom. The minimum absolute atomic E-state index is 0.0485. The van der Waals surface area contributed by atoms with Crippen molar-refractivity contribution in [2.45, 2.75) is 45.3 Å². The summed E-state index contributed by atoms with van der Waals surface area (Å²) >= 11 is 0. The second kappa shape index (κ2) is 7.21. The molecule has 0 aromatic carbocycles. The van der Waals surface area contributed by atoms with Crippen LogP contribution in [0.2, 0.25) is 0 Å². The number of hydrogen-bond donors (Lipinski definition) is 0. The molecule has 2 aliphatic rings. The average Bonchev–Trinajstić information content (AvgIpc) is 2.88. The van der Waals surface area contributed by atoms with Crippen LogP contribution in [0, 0.1) is 6.92 Å². The van der Waals surface area contributed by atoms with Gasteiger partial charge in [-0.25, -0.2) is 9.97 Å². The predicted octanol–water partition coefficient (Wildman–Crippen LogP) is 3.16. The summed E-state index contributed by atoms with van der Waals surface area (Å²) in [7, 11) is 3.44. The molecule has 2 aliphatic heterocycles. The summed E-state index contributed by atoms with van der Waals surface area (Å²) in [6, 6.07) is 5.69. The maximum Gasteiger partial charge on any atom is 0.256 e. The summed E-state index contributed by atoms with van der Waals surface area (Å²) < 4.78 is 11.2. The Morgan fingerprint density at radius 1 is 1.21 bits per heavy atom. The van der Waals surface area contributed by atoms with Gasteiger partial charge in [-0.3, -0.25) is 4.79 Å². The lowest BCUT2D eigenvalue weighted by Gasteiger charge is -2.34. The summed E-state index contributed by atoms with van der Waals surface area (Å²) in [6.45, 7) is 7.86. The maximum absolute atomic E-state index is 12.6. The highest BCUT2D eigenvalue weighted by Gasteiger charge is 2.43. The lowest BCUT2D eigenvalue weighted by molar-refractivity contribution is 0.0688. The summed E-state index contributed by atoms with van der Waals surface area (Å²) in [4.78, 5) is 25.8. The van der Waals surface area contributed by atoms with E-state index in [1.54, 1.807) is 18.2 Å². The number of methoxy groups -OCH3 is 1. The molecule has 1 amide bonds. The molecule has 1 fully saturated rings. The number of rotatable bonds is 4. The highest BCUT2D eigenvalue weighted by Crippen LogP contribution is 2.38. The van der Waals surface area contributed by atoms with Crippen molar-refractivity contribution < 1.29 is 14.3 Å². The van der Waals surface area contributed by atoms with E-state index < -0.39 is 5.54 Å². The van der Waals surface area contributed by atoms with Crippen molar-refractivity contribution >= 4 is 11.7 Å². The number of nitrogens with zero attached hydrogens (tertiary/aromatic N) is 4. The van der Waals surface area contributed by atoms with E-state index in [1.807, 2.05) is 46.0 Å². The van der Waals surface area contributed by atoms with E-state index in [4.69, 9.17) is 14.5 Å². The van der Waals surface area contributed by atoms with Crippen LogP contribution in [-0.2, 0) is 5.54 Å². The Labute approximate surface area is 171 Å². The fourth-order valence-corrected chi connectivity index (χ4v) is 4.08. The van der Waals surface area contributed by atoms with Crippen LogP contribution in [-0.4, -0.2) is 54.1 Å². The Bertz CT molecular complexity index is 918. The normalized spacial score (nSPS) is 18.7. The quantitative estimate of drug-likeness (QED) is 0.791. The Kier molecular flexibility index (Phi) is 4.84. The SMILES string of the molecule is COc1ccc(OC2CCN(c3nc4c(cc3C)C(=O)N(C)C4(C)C)CC2)cn1. The van der Waals surface area contributed by atoms with Gasteiger partial charge in [-0.15, -0.1) is 0 Å². The predicted molar refractivity (Wildman–Crippen MR) is 111 cm³/mol. The van der Waals surface area contributed by atoms with Crippen LogP contribution in [0.1, 0.15) is 48.3 Å². The van der Waals surface area contributed by atoms with Crippen molar-refractivity contribution in [1.82, 2.24) is 14.9 Å². The number of pyridine rings is 2. The van der Waals surface area contributed by atoms with Crippen LogP contribution < -0.4 is 14.4 Å². The number of anilines is 1. The number of hydrogen-bond acceptors (Lipinski definition) is 6. The van der Waals surface area contributed by atoms with Gasteiger partial charge < -0.3 is 19.3 Å². The third-order valence-electron chi connectivity index (χ3n) is 6.10. The molecule has 0 aliphatic carbocycles. The van der Waals surface area contributed by atoms with Crippen molar-refractivity contribution in [3.63, 3.8) is 0 Å². The average molecular weight is 396 g/mol. The molecule has 1 saturated heterocycles. The molecule has 0 bridgehead atoms. The van der Waals surface area contributed by atoms with Gasteiger partial charge in [0.05, 0.1) is 30.1 Å². The highest BCUT2D eigenvalue weighted by atomic mass is 16.5. The van der Waals surface area contributed by atoms with Gasteiger partial charge in [-0.2, -0.15) is 0 Å². The monoisotopic (exact) mass is 396 g/mol. The van der Waals surface area contributed by atoms with Crippen LogP contribution in [0.5, 0.6) is 11.6 Å². The third kappa shape index (κ3) is 3.39. The van der Waals surface area contributed by atoms with Gasteiger partial charge in [-0.05, 0) is 38.5 Å². The van der Waals surface area contributed by atoms with E-state index in [9.17, 15) is 4.79 Å². The molecular weight excluding hydrogens is 368 g/mol. The van der Waals surface area contributed by atoms with Gasteiger partial charge in [0.25, 0.3) is 5.91 Å². The van der Waals surface area contributed by atoms with Gasteiger partial charge in [0.15, 0.2) is 0 Å². The number of aromatic nitrogens is 2. The molecule has 4 rings (SSSR count). The molecule has 7 nitrogen and oxygen atoms in total. The van der Waals surface area contributed by atoms with E-state index >= 15 is 0 Å². The largest absolute Gasteiger partial charge is 0.489 e. The first-order valence-corrected chi connectivity index (χ1v) is 10.0. The fraction of sp³-hybridized carbons (Fsp3) is 0.500. The fourth-order valence-electron chi connectivity index (χ4n) is 4.08. The van der Waals surface area contributed by atoms with Crippen LogP contribution >= 0.6 is 0 Å². The Balaban J connectivity index is 1.46. The standard InChI is InChI=1S/C22H28N4O3/c1-14-12-17-19(22(2,3)25(4)21(17)27)24-20(14)26-10-8-15(9-11-26)29-16-6-7-18(28-5)23-13-16/h6-7,12-13,15H,8-11H2,1-5H3. The zero-order valence-electron chi connectivity index (χ0n) is 17.7. The molecule has 0 atom stereocenters. The molecule has 4 heterocycles. The van der Waals surface area contributed by atoms with E-state index in [0.717, 1.165) is 54.3 Å². The number of carbonyl (C=O) groups excluding carboxylic acids is 1. The lowest BCUT2D eigenvalue weighted by atomic mass is 9.98. The number of carbonyl (C=O) groups is 1. The van der Waals surface area contributed by atoms with E-state index in [2.05, 4.69) is 9.88 Å². The first-order valence-electron chi connectivity index (χ1n) is 10.0. The number of ether oxygens (including phenoxy) is 2. The second-order valence-corrected chi connectivity index (χ2v) is 8.29. The van der Waals surface area contributed by atoms with E-state index in [-0.39, 0.29) is 12.0 Å². The molecule has 0 spiro atoms. The number of fused-ring (bicyclic) bond motifs is 1. The molecule has 7 heteroatoms. The van der Waals surface area contributed by atoms with Crippen molar-refractivity contribution in [2.24, 2.45) is 0 Å². The van der Waals surface area contributed by atoms with Crippen molar-refractivity contribution in [3.05, 3.63) is 41.2 Å². The van der Waals surface area contributed by atoms with Gasteiger partial charge in [0.1, 0.15) is 17.7 Å². The van der Waals surface area contributed by atoms with Crippen molar-refractivity contribution in [2.75, 3.05) is 32.1 Å². The smallest absolute Gasteiger partial charge is 0.256 e. The summed E-state index contributed by atoms with van der Waals surface area (Å²) in [5, 5.41) is 0. The molecule has 0 radical (unpaired) electrons. The lowest BCUT2D eigenvalue weighted by Crippen LogP contribution is -2.39. The zero-order valence-corrected chi connectivity index (χ0v) is 17.7. The number of piperidine rings is 1. The van der Waals surface area contributed by atoms with E-state index in [0.29, 0.717) is 5.88 Å². The van der Waals surface area contributed by atoms with Crippen molar-refractivity contribution in [1.29, 1.82) is 0 Å². The van der Waals surface area contributed by atoms with Gasteiger partial charge in [0.2, 0.25) is 5.88 Å². The van der Waals surface area contributed by atoms with Crippen LogP contribution in [0.3, 0.4) is 0 Å². The molecule has 0 unspecified atom stereocenters. The third-order valence-corrected chi connectivity index (χ3v) is 6.10. The molecule has 29 heavy (non-hydrogen) atoms. The maximum atomic E-state index is 12.6. The van der Waals surface area contributed by atoms with Crippen molar-refractivity contribution in [3.8, 4) is 11.6 Å². The first-order chi connectivity index (χ1) is 13.8.